The number of benzene rings is 1. The molecule has 0 saturated carbocycles. The van der Waals surface area contributed by atoms with Crippen molar-refractivity contribution in [1.29, 1.82) is 0 Å². The quantitative estimate of drug-likeness (QED) is 0.661. The van der Waals surface area contributed by atoms with Gasteiger partial charge in [0.05, 0.1) is 12.7 Å². The van der Waals surface area contributed by atoms with Crippen LogP contribution in [-0.4, -0.2) is 12.9 Å². The molecule has 0 amide bonds. The average molecular weight is 186 g/mol. The number of ether oxygens (including phenoxy) is 1. The van der Waals surface area contributed by atoms with Gasteiger partial charge in [-0.3, -0.25) is 4.79 Å². The minimum Gasteiger partial charge on any atom is -0.496 e. The van der Waals surface area contributed by atoms with Crippen LogP contribution in [0.4, 0.5) is 8.78 Å². The van der Waals surface area contributed by atoms with Gasteiger partial charge < -0.3 is 4.74 Å². The van der Waals surface area contributed by atoms with Gasteiger partial charge in [-0.2, -0.15) is 0 Å². The van der Waals surface area contributed by atoms with Crippen LogP contribution in [0, 0.1) is 11.6 Å². The SMILES string of the molecule is COc1ccc(F)c(F)c1C(C)=O. The van der Waals surface area contributed by atoms with E-state index >= 15 is 0 Å². The van der Waals surface area contributed by atoms with Crippen LogP contribution < -0.4 is 4.74 Å². The molecule has 0 fully saturated rings. The van der Waals surface area contributed by atoms with Gasteiger partial charge in [0.25, 0.3) is 0 Å². The second kappa shape index (κ2) is 3.51. The summed E-state index contributed by atoms with van der Waals surface area (Å²) in [5.74, 6) is -2.72. The van der Waals surface area contributed by atoms with Crippen molar-refractivity contribution < 1.29 is 18.3 Å². The first kappa shape index (κ1) is 9.64. The molecule has 4 heteroatoms. The predicted molar refractivity (Wildman–Crippen MR) is 42.9 cm³/mol. The zero-order valence-electron chi connectivity index (χ0n) is 7.23. The number of rotatable bonds is 2. The number of carbonyl (C=O) groups excluding carboxylic acids is 1. The van der Waals surface area contributed by atoms with Crippen molar-refractivity contribution >= 4 is 5.78 Å². The Hall–Kier alpha value is -1.45. The van der Waals surface area contributed by atoms with E-state index in [9.17, 15) is 13.6 Å². The van der Waals surface area contributed by atoms with Crippen molar-refractivity contribution in [3.8, 4) is 5.75 Å². The monoisotopic (exact) mass is 186 g/mol. The Morgan fingerprint density at radius 1 is 1.38 bits per heavy atom. The zero-order valence-corrected chi connectivity index (χ0v) is 7.23. The molecular weight excluding hydrogens is 178 g/mol. The van der Waals surface area contributed by atoms with E-state index in [-0.39, 0.29) is 11.3 Å². The molecule has 1 aromatic rings. The molecule has 70 valence electrons. The van der Waals surface area contributed by atoms with Crippen LogP contribution in [0.1, 0.15) is 17.3 Å². The maximum Gasteiger partial charge on any atom is 0.173 e. The van der Waals surface area contributed by atoms with E-state index in [0.29, 0.717) is 0 Å². The van der Waals surface area contributed by atoms with Gasteiger partial charge in [0.1, 0.15) is 5.75 Å². The van der Waals surface area contributed by atoms with E-state index in [1.165, 1.54) is 13.2 Å². The summed E-state index contributed by atoms with van der Waals surface area (Å²) >= 11 is 0. The van der Waals surface area contributed by atoms with E-state index in [2.05, 4.69) is 0 Å². The van der Waals surface area contributed by atoms with Crippen molar-refractivity contribution in [2.24, 2.45) is 0 Å². The number of hydrogen-bond donors (Lipinski definition) is 0. The van der Waals surface area contributed by atoms with Crippen molar-refractivity contribution in [3.63, 3.8) is 0 Å². The van der Waals surface area contributed by atoms with Gasteiger partial charge in [-0.1, -0.05) is 0 Å². The van der Waals surface area contributed by atoms with Crippen LogP contribution in [-0.2, 0) is 0 Å². The molecule has 0 aliphatic heterocycles. The highest BCUT2D eigenvalue weighted by molar-refractivity contribution is 5.97. The first-order chi connectivity index (χ1) is 6.07. The summed E-state index contributed by atoms with van der Waals surface area (Å²) in [4.78, 5) is 10.9. The second-order valence-corrected chi connectivity index (χ2v) is 2.49. The highest BCUT2D eigenvalue weighted by Crippen LogP contribution is 2.23. The summed E-state index contributed by atoms with van der Waals surface area (Å²) < 4.78 is 30.4. The van der Waals surface area contributed by atoms with Gasteiger partial charge in [0.2, 0.25) is 0 Å². The molecule has 0 unspecified atom stereocenters. The number of carbonyl (C=O) groups is 1. The van der Waals surface area contributed by atoms with Crippen LogP contribution in [0.5, 0.6) is 5.75 Å². The number of halogens is 2. The summed E-state index contributed by atoms with van der Waals surface area (Å²) in [6, 6.07) is 2.13. The smallest absolute Gasteiger partial charge is 0.173 e. The fraction of sp³-hybridized carbons (Fsp3) is 0.222. The van der Waals surface area contributed by atoms with Gasteiger partial charge in [-0.15, -0.1) is 0 Å². The molecule has 13 heavy (non-hydrogen) atoms. The maximum absolute atomic E-state index is 13.0. The molecule has 0 aliphatic rings. The highest BCUT2D eigenvalue weighted by Gasteiger charge is 2.17. The Bertz CT molecular complexity index is 348. The van der Waals surface area contributed by atoms with Crippen molar-refractivity contribution in [1.82, 2.24) is 0 Å². The van der Waals surface area contributed by atoms with Crippen LogP contribution >= 0.6 is 0 Å². The number of ketones is 1. The Morgan fingerprint density at radius 3 is 2.46 bits per heavy atom. The van der Waals surface area contributed by atoms with Gasteiger partial charge in [0.15, 0.2) is 17.4 Å². The van der Waals surface area contributed by atoms with E-state index in [0.717, 1.165) is 13.0 Å². The highest BCUT2D eigenvalue weighted by atomic mass is 19.2. The third kappa shape index (κ3) is 1.66. The largest absolute Gasteiger partial charge is 0.496 e. The molecule has 0 heterocycles. The Morgan fingerprint density at radius 2 is 2.00 bits per heavy atom. The lowest BCUT2D eigenvalue weighted by Crippen LogP contribution is -2.03. The Balaban J connectivity index is 3.41. The molecule has 0 radical (unpaired) electrons. The number of methoxy groups -OCH3 is 1. The van der Waals surface area contributed by atoms with Crippen LogP contribution in [0.25, 0.3) is 0 Å². The van der Waals surface area contributed by atoms with E-state index in [4.69, 9.17) is 4.74 Å². The molecule has 0 N–H and O–H groups in total. The van der Waals surface area contributed by atoms with E-state index in [1.54, 1.807) is 0 Å². The van der Waals surface area contributed by atoms with Crippen LogP contribution in [0.2, 0.25) is 0 Å². The van der Waals surface area contributed by atoms with Crippen molar-refractivity contribution in [2.75, 3.05) is 7.11 Å². The molecule has 0 aliphatic carbocycles. The third-order valence-electron chi connectivity index (χ3n) is 1.63. The summed E-state index contributed by atoms with van der Waals surface area (Å²) in [6.07, 6.45) is 0. The summed E-state index contributed by atoms with van der Waals surface area (Å²) in [6.45, 7) is 1.15. The first-order valence-electron chi connectivity index (χ1n) is 3.61. The van der Waals surface area contributed by atoms with Gasteiger partial charge in [-0.25, -0.2) is 8.78 Å². The third-order valence-corrected chi connectivity index (χ3v) is 1.63. The molecule has 0 atom stereocenters. The second-order valence-electron chi connectivity index (χ2n) is 2.49. The topological polar surface area (TPSA) is 26.3 Å². The molecule has 0 spiro atoms. The molecule has 1 rings (SSSR count). The van der Waals surface area contributed by atoms with Crippen molar-refractivity contribution in [3.05, 3.63) is 29.3 Å². The molecular formula is C9H8F2O2. The lowest BCUT2D eigenvalue weighted by Gasteiger charge is -2.06. The normalized spacial score (nSPS) is 9.85. The van der Waals surface area contributed by atoms with Gasteiger partial charge in [-0.05, 0) is 19.1 Å². The van der Waals surface area contributed by atoms with E-state index in [1.807, 2.05) is 0 Å². The van der Waals surface area contributed by atoms with Gasteiger partial charge in [0, 0.05) is 0 Å². The molecule has 2 nitrogen and oxygen atoms in total. The van der Waals surface area contributed by atoms with Crippen LogP contribution in [0.3, 0.4) is 0 Å². The Kier molecular flexibility index (Phi) is 2.60. The summed E-state index contributed by atoms with van der Waals surface area (Å²) in [5, 5.41) is 0. The molecule has 0 saturated heterocycles. The van der Waals surface area contributed by atoms with Crippen LogP contribution in [0.15, 0.2) is 12.1 Å². The number of hydrogen-bond acceptors (Lipinski definition) is 2. The minimum absolute atomic E-state index is 0.0476. The van der Waals surface area contributed by atoms with Crippen molar-refractivity contribution in [2.45, 2.75) is 6.92 Å². The van der Waals surface area contributed by atoms with Gasteiger partial charge >= 0.3 is 0 Å². The fourth-order valence-electron chi connectivity index (χ4n) is 1.03. The molecule has 0 bridgehead atoms. The summed E-state index contributed by atoms with van der Waals surface area (Å²) in [5.41, 5.74) is -0.345. The standard InChI is InChI=1S/C9H8F2O2/c1-5(12)8-7(13-2)4-3-6(10)9(8)11/h3-4H,1-2H3. The average Bonchev–Trinajstić information content (AvgIpc) is 2.08. The fourth-order valence-corrected chi connectivity index (χ4v) is 1.03. The Labute approximate surface area is 74.1 Å². The van der Waals surface area contributed by atoms with E-state index < -0.39 is 17.4 Å². The summed E-state index contributed by atoms with van der Waals surface area (Å²) in [7, 11) is 1.29. The molecule has 0 aromatic heterocycles. The first-order valence-corrected chi connectivity index (χ1v) is 3.61. The predicted octanol–water partition coefficient (Wildman–Crippen LogP) is 2.18. The molecule has 1 aromatic carbocycles. The lowest BCUT2D eigenvalue weighted by atomic mass is 10.1. The maximum atomic E-state index is 13.0. The zero-order chi connectivity index (χ0) is 10.0. The number of Topliss-reactive ketones (excluding diaryl/α,β-unsaturated/α-hetero) is 1. The minimum atomic E-state index is -1.16. The lowest BCUT2D eigenvalue weighted by molar-refractivity contribution is 0.100.